The Kier molecular flexibility index (Phi) is 7.58. The molecule has 0 aliphatic rings. The van der Waals surface area contributed by atoms with Crippen molar-refractivity contribution in [1.82, 2.24) is 0 Å². The molecular weight excluding hydrogens is 430 g/mol. The number of hydrogen-bond acceptors (Lipinski definition) is 4. The fourth-order valence-electron chi connectivity index (χ4n) is 2.71. The van der Waals surface area contributed by atoms with Crippen molar-refractivity contribution in [2.24, 2.45) is 0 Å². The van der Waals surface area contributed by atoms with Gasteiger partial charge in [0.25, 0.3) is 20.2 Å². The average molecular weight is 446 g/mol. The molecule has 0 saturated carbocycles. The Labute approximate surface area is 188 Å². The smallest absolute Gasteiger partial charge is 1.00 e. The van der Waals surface area contributed by atoms with E-state index in [0.29, 0.717) is 5.30 Å². The predicted octanol–water partition coefficient (Wildman–Crippen LogP) is -0.945. The maximum Gasteiger partial charge on any atom is 1.00 e. The van der Waals surface area contributed by atoms with E-state index in [9.17, 15) is 25.9 Å². The van der Waals surface area contributed by atoms with Crippen LogP contribution in [0, 0.1) is 0 Å². The van der Waals surface area contributed by atoms with Gasteiger partial charge >= 0.3 is 29.6 Å². The molecule has 0 heterocycles. The summed E-state index contributed by atoms with van der Waals surface area (Å²) < 4.78 is 66.9. The molecule has 0 saturated heterocycles. The molecule has 142 valence electrons. The third-order valence-corrected chi connectivity index (χ3v) is 8.47. The predicted molar refractivity (Wildman–Crippen MR) is 106 cm³/mol. The topological polar surface area (TPSA) is 109 Å². The molecule has 28 heavy (non-hydrogen) atoms. The fourth-order valence-corrected chi connectivity index (χ4v) is 7.46. The van der Waals surface area contributed by atoms with E-state index in [4.69, 9.17) is 0 Å². The van der Waals surface area contributed by atoms with E-state index in [1.165, 1.54) is 36.4 Å². The fraction of sp³-hybridized carbons (Fsp3) is 0. The number of hydrogen-bond donors (Lipinski definition) is 2. The van der Waals surface area contributed by atoms with Crippen molar-refractivity contribution < 1.29 is 56.9 Å². The summed E-state index contributed by atoms with van der Waals surface area (Å²) in [7, 11) is -10.8. The summed E-state index contributed by atoms with van der Waals surface area (Å²) in [5, 5.41) is 1.19. The minimum absolute atomic E-state index is 0. The Balaban J connectivity index is 0.00000210. The third-order valence-electron chi connectivity index (χ3n) is 3.78. The van der Waals surface area contributed by atoms with Gasteiger partial charge in [-0.1, -0.05) is 66.7 Å². The molecule has 0 atom stereocenters. The zero-order chi connectivity index (χ0) is 19.7. The molecule has 6 nitrogen and oxygen atoms in total. The summed E-state index contributed by atoms with van der Waals surface area (Å²) in [5.41, 5.74) is 0. The standard InChI is InChI=1S/C18H15O6PS2.Na.H/c19-26(20,21)17-12-6-4-10-15(17)25(14-8-2-1-3-9-14)16-11-5-7-13-18(16)27(22,23)24;;/h1-13H,(H,19,20,21)(H,22,23,24);;/q;+1;-1. The number of benzene rings is 3. The minimum Gasteiger partial charge on any atom is -1.00 e. The molecule has 10 heteroatoms. The van der Waals surface area contributed by atoms with Crippen molar-refractivity contribution in [3.63, 3.8) is 0 Å². The van der Waals surface area contributed by atoms with Crippen molar-refractivity contribution >= 4 is 44.1 Å². The van der Waals surface area contributed by atoms with Gasteiger partial charge in [-0.3, -0.25) is 9.11 Å². The van der Waals surface area contributed by atoms with Crippen LogP contribution < -0.4 is 45.5 Å². The van der Waals surface area contributed by atoms with Crippen molar-refractivity contribution in [2.75, 3.05) is 0 Å². The monoisotopic (exact) mass is 446 g/mol. The van der Waals surface area contributed by atoms with Crippen LogP contribution in [-0.4, -0.2) is 25.9 Å². The van der Waals surface area contributed by atoms with Crippen molar-refractivity contribution in [1.29, 1.82) is 0 Å². The molecule has 3 aromatic rings. The van der Waals surface area contributed by atoms with E-state index in [0.717, 1.165) is 0 Å². The Morgan fingerprint density at radius 2 is 0.964 bits per heavy atom. The molecule has 3 aromatic carbocycles. The quantitative estimate of drug-likeness (QED) is 0.297. The molecule has 0 unspecified atom stereocenters. The Hall–Kier alpha value is -1.09. The molecular formula is C18H16NaO6PS2. The van der Waals surface area contributed by atoms with Gasteiger partial charge in [0.15, 0.2) is 0 Å². The second-order valence-corrected chi connectivity index (χ2v) is 10.5. The Morgan fingerprint density at radius 3 is 1.36 bits per heavy atom. The first-order valence-electron chi connectivity index (χ1n) is 7.68. The first-order valence-corrected chi connectivity index (χ1v) is 11.9. The van der Waals surface area contributed by atoms with Crippen LogP contribution in [0.2, 0.25) is 0 Å². The van der Waals surface area contributed by atoms with E-state index in [1.807, 2.05) is 0 Å². The van der Waals surface area contributed by atoms with Gasteiger partial charge in [0.2, 0.25) is 0 Å². The van der Waals surface area contributed by atoms with Crippen LogP contribution in [0.25, 0.3) is 0 Å². The molecule has 0 radical (unpaired) electrons. The van der Waals surface area contributed by atoms with E-state index in [2.05, 4.69) is 0 Å². The van der Waals surface area contributed by atoms with Crippen LogP contribution in [0.4, 0.5) is 0 Å². The van der Waals surface area contributed by atoms with Gasteiger partial charge in [0, 0.05) is 10.6 Å². The summed E-state index contributed by atoms with van der Waals surface area (Å²) in [6.45, 7) is 0. The molecule has 0 aliphatic heterocycles. The first-order chi connectivity index (χ1) is 12.7. The molecule has 0 amide bonds. The molecule has 3 rings (SSSR count). The molecule has 0 fully saturated rings. The van der Waals surface area contributed by atoms with Gasteiger partial charge in [-0.25, -0.2) is 0 Å². The summed E-state index contributed by atoms with van der Waals surface area (Å²) >= 11 is 0. The van der Waals surface area contributed by atoms with Crippen LogP contribution in [0.5, 0.6) is 0 Å². The van der Waals surface area contributed by atoms with Gasteiger partial charge in [0.05, 0.1) is 0 Å². The second-order valence-electron chi connectivity index (χ2n) is 5.56. The van der Waals surface area contributed by atoms with Crippen molar-refractivity contribution in [3.8, 4) is 0 Å². The van der Waals surface area contributed by atoms with E-state index >= 15 is 0 Å². The van der Waals surface area contributed by atoms with E-state index in [-0.39, 0.29) is 51.4 Å². The van der Waals surface area contributed by atoms with Crippen LogP contribution >= 0.6 is 7.92 Å². The van der Waals surface area contributed by atoms with E-state index in [1.54, 1.807) is 42.5 Å². The van der Waals surface area contributed by atoms with E-state index < -0.39 is 28.2 Å². The van der Waals surface area contributed by atoms with Gasteiger partial charge < -0.3 is 1.43 Å². The van der Waals surface area contributed by atoms with Gasteiger partial charge in [0.1, 0.15) is 9.79 Å². The van der Waals surface area contributed by atoms with Gasteiger partial charge in [-0.05, 0) is 25.4 Å². The third kappa shape index (κ3) is 5.09. The van der Waals surface area contributed by atoms with Gasteiger partial charge in [-0.2, -0.15) is 16.8 Å². The molecule has 0 aliphatic carbocycles. The summed E-state index contributed by atoms with van der Waals surface area (Å²) in [6.07, 6.45) is 0. The summed E-state index contributed by atoms with van der Waals surface area (Å²) in [4.78, 5) is -0.602. The maximum atomic E-state index is 11.9. The van der Waals surface area contributed by atoms with Crippen LogP contribution in [0.1, 0.15) is 1.43 Å². The summed E-state index contributed by atoms with van der Waals surface area (Å²) in [5.74, 6) is 0. The Morgan fingerprint density at radius 1 is 0.607 bits per heavy atom. The van der Waals surface area contributed by atoms with Crippen LogP contribution in [-0.2, 0) is 20.2 Å². The maximum absolute atomic E-state index is 11.9. The zero-order valence-electron chi connectivity index (χ0n) is 15.8. The average Bonchev–Trinajstić information content (AvgIpc) is 2.62. The SMILES string of the molecule is O=S(=O)(O)c1ccccc1P(c1ccccc1)c1ccccc1S(=O)(=O)O.[H-].[Na+]. The van der Waals surface area contributed by atoms with Crippen LogP contribution in [0.15, 0.2) is 88.7 Å². The number of rotatable bonds is 5. The Bertz CT molecular complexity index is 1110. The van der Waals surface area contributed by atoms with Crippen molar-refractivity contribution in [3.05, 3.63) is 78.9 Å². The van der Waals surface area contributed by atoms with Gasteiger partial charge in [-0.15, -0.1) is 0 Å². The van der Waals surface area contributed by atoms with Crippen LogP contribution in [0.3, 0.4) is 0 Å². The molecule has 2 N–H and O–H groups in total. The molecule has 0 bridgehead atoms. The summed E-state index contributed by atoms with van der Waals surface area (Å²) in [6, 6.07) is 20.5. The normalized spacial score (nSPS) is 11.8. The molecule has 0 aromatic heterocycles. The largest absolute Gasteiger partial charge is 1.00 e. The second kappa shape index (κ2) is 9.15. The zero-order valence-corrected chi connectivity index (χ0v) is 19.3. The first kappa shape index (κ1) is 23.2. The molecule has 0 spiro atoms. The van der Waals surface area contributed by atoms with Crippen molar-refractivity contribution in [2.45, 2.75) is 9.79 Å². The minimum atomic E-state index is -4.54.